The molecule has 1 aliphatic heterocycles. The van der Waals surface area contributed by atoms with Crippen molar-refractivity contribution in [2.24, 2.45) is 64.6 Å². The lowest BCUT2D eigenvalue weighted by Gasteiger charge is -2.52. The van der Waals surface area contributed by atoms with Crippen molar-refractivity contribution in [2.45, 2.75) is 216 Å². The third-order valence-corrected chi connectivity index (χ3v) is 23.4. The first-order valence-corrected chi connectivity index (χ1v) is 31.7. The molecule has 0 amide bonds. The zero-order valence-electron chi connectivity index (χ0n) is 45.4. The van der Waals surface area contributed by atoms with Crippen molar-refractivity contribution in [2.75, 3.05) is 0 Å². The standard InChI is InChI=1S/C71H92N2O/c1-2-48-24-38-61(39-25-48)74-62-40-32-55(33-41-62)71(56-31-26-49-14-6-8-16-52(49)44-56)67-22-12-10-20-63(67)64-42-37-60(47-68(64)71)72(59-36-29-50-15-7-9-17-53(50)45-59)58-34-27-51(28-35-58)54-30-43-70-66(46-54)65-21-11-13-23-69(65)73(70)57-18-4-3-5-19-57/h2,6,8-9,11-14,16-17,22,24,29,32-33,36,40,47,49-54,56-59,61-63,65,67,69H,1,3-5,7,10,15,18-21,23,25-28,30-31,34-35,37-39,41-46H2. The quantitative estimate of drug-likeness (QED) is 0.203. The summed E-state index contributed by atoms with van der Waals surface area (Å²) in [6, 6.07) is 2.71. The van der Waals surface area contributed by atoms with E-state index in [0.29, 0.717) is 53.7 Å². The van der Waals surface area contributed by atoms with Gasteiger partial charge in [-0.05, 0) is 237 Å². The molecule has 74 heavy (non-hydrogen) atoms. The summed E-state index contributed by atoms with van der Waals surface area (Å²) in [5.74, 6) is 7.17. The summed E-state index contributed by atoms with van der Waals surface area (Å²) in [6.07, 6.45) is 83.4. The Hall–Kier alpha value is -3.82. The Balaban J connectivity index is 0.781. The highest BCUT2D eigenvalue weighted by Gasteiger charge is 2.59. The van der Waals surface area contributed by atoms with E-state index in [-0.39, 0.29) is 11.5 Å². The molecule has 0 N–H and O–H groups in total. The number of rotatable bonds is 10. The third kappa shape index (κ3) is 8.69. The van der Waals surface area contributed by atoms with Crippen molar-refractivity contribution in [3.05, 3.63) is 155 Å². The van der Waals surface area contributed by atoms with Gasteiger partial charge in [-0.25, -0.2) is 0 Å². The lowest BCUT2D eigenvalue weighted by molar-refractivity contribution is 0.00844. The zero-order valence-corrected chi connectivity index (χ0v) is 45.4. The molecular formula is C71H92N2O. The SMILES string of the molecule is C=CC1=CCC(OC2C=CC(C3(C4CCC5C=CC=CC5C4)C4=C(CCC(N(C5C=CC6CCC=CC6C5)C5CCC(C6CCC7=C(C6)C6CC=CCC6N7C6CCCCC6)CC5)=C4)C4CCC=CC43)=CC2)CC1. The van der Waals surface area contributed by atoms with Crippen LogP contribution in [0.2, 0.25) is 0 Å². The lowest BCUT2D eigenvalue weighted by atomic mass is 9.52. The second-order valence-corrected chi connectivity index (χ2v) is 26.8. The summed E-state index contributed by atoms with van der Waals surface area (Å²) in [5.41, 5.74) is 12.2. The van der Waals surface area contributed by atoms with Gasteiger partial charge < -0.3 is 14.5 Å². The average molecular weight is 990 g/mol. The Kier molecular flexibility index (Phi) is 13.7. The molecule has 0 saturated heterocycles. The second-order valence-electron chi connectivity index (χ2n) is 26.8. The van der Waals surface area contributed by atoms with Gasteiger partial charge in [-0.2, -0.15) is 0 Å². The molecule has 14 rings (SSSR count). The normalized spacial score (nSPS) is 42.4. The van der Waals surface area contributed by atoms with Crippen molar-refractivity contribution >= 4 is 0 Å². The number of hydrogen-bond donors (Lipinski definition) is 0. The molecule has 3 fully saturated rings. The number of allylic oxidation sites excluding steroid dienone is 19. The largest absolute Gasteiger partial charge is 0.370 e. The lowest BCUT2D eigenvalue weighted by Crippen LogP contribution is -2.47. The van der Waals surface area contributed by atoms with Crippen LogP contribution < -0.4 is 0 Å². The Morgan fingerprint density at radius 1 is 0.622 bits per heavy atom. The highest BCUT2D eigenvalue weighted by atomic mass is 16.5. The molecule has 3 heteroatoms. The highest BCUT2D eigenvalue weighted by Crippen LogP contribution is 2.68. The van der Waals surface area contributed by atoms with E-state index in [1.54, 1.807) is 16.8 Å². The summed E-state index contributed by atoms with van der Waals surface area (Å²) in [5, 5.41) is 0. The van der Waals surface area contributed by atoms with E-state index < -0.39 is 0 Å². The summed E-state index contributed by atoms with van der Waals surface area (Å²) >= 11 is 0. The van der Waals surface area contributed by atoms with E-state index in [1.807, 2.05) is 22.9 Å². The maximum atomic E-state index is 6.94. The molecule has 392 valence electrons. The Morgan fingerprint density at radius 2 is 1.46 bits per heavy atom. The van der Waals surface area contributed by atoms with E-state index in [9.17, 15) is 0 Å². The smallest absolute Gasteiger partial charge is 0.0797 e. The molecule has 13 aliphatic carbocycles. The van der Waals surface area contributed by atoms with Crippen LogP contribution >= 0.6 is 0 Å². The summed E-state index contributed by atoms with van der Waals surface area (Å²) in [4.78, 5) is 6.24. The van der Waals surface area contributed by atoms with Crippen molar-refractivity contribution in [3.8, 4) is 0 Å². The zero-order chi connectivity index (χ0) is 49.2. The molecule has 0 spiro atoms. The monoisotopic (exact) mass is 989 g/mol. The van der Waals surface area contributed by atoms with Gasteiger partial charge in [0, 0.05) is 46.9 Å². The van der Waals surface area contributed by atoms with Gasteiger partial charge in [-0.1, -0.05) is 140 Å². The molecule has 14 unspecified atom stereocenters. The van der Waals surface area contributed by atoms with Gasteiger partial charge in [-0.3, -0.25) is 0 Å². The molecular weight excluding hydrogens is 897 g/mol. The van der Waals surface area contributed by atoms with Gasteiger partial charge in [0.05, 0.1) is 12.2 Å². The fraction of sp³-hybridized carbons (Fsp3) is 0.634. The fourth-order valence-electron chi connectivity index (χ4n) is 20.0. The van der Waals surface area contributed by atoms with Gasteiger partial charge >= 0.3 is 0 Å². The molecule has 0 aromatic heterocycles. The molecule has 0 radical (unpaired) electrons. The molecule has 0 bridgehead atoms. The second kappa shape index (κ2) is 20.9. The number of hydrogen-bond acceptors (Lipinski definition) is 3. The van der Waals surface area contributed by atoms with E-state index >= 15 is 0 Å². The van der Waals surface area contributed by atoms with Crippen LogP contribution in [0.4, 0.5) is 0 Å². The predicted octanol–water partition coefficient (Wildman–Crippen LogP) is 17.4. The van der Waals surface area contributed by atoms with Crippen molar-refractivity contribution in [1.29, 1.82) is 0 Å². The van der Waals surface area contributed by atoms with Crippen LogP contribution in [-0.4, -0.2) is 46.2 Å². The molecule has 0 aromatic carbocycles. The molecule has 3 nitrogen and oxygen atoms in total. The van der Waals surface area contributed by atoms with E-state index in [0.717, 1.165) is 61.4 Å². The average Bonchev–Trinajstić information content (AvgIpc) is 3.96. The first-order chi connectivity index (χ1) is 36.6. The van der Waals surface area contributed by atoms with Crippen LogP contribution in [0, 0.1) is 64.6 Å². The minimum absolute atomic E-state index is 0.00780. The number of fused-ring (bicyclic) bond motifs is 6. The molecule has 14 aliphatic rings. The first kappa shape index (κ1) is 48.5. The van der Waals surface area contributed by atoms with Crippen molar-refractivity contribution < 1.29 is 4.74 Å². The van der Waals surface area contributed by atoms with Crippen LogP contribution in [0.5, 0.6) is 0 Å². The molecule has 14 atom stereocenters. The van der Waals surface area contributed by atoms with E-state index in [2.05, 4.69) is 120 Å². The maximum absolute atomic E-state index is 6.94. The molecule has 3 saturated carbocycles. The Labute approximate surface area is 448 Å². The third-order valence-electron chi connectivity index (χ3n) is 23.4. The maximum Gasteiger partial charge on any atom is 0.0797 e. The number of nitrogens with zero attached hydrogens (tertiary/aromatic N) is 2. The van der Waals surface area contributed by atoms with Crippen LogP contribution in [0.1, 0.15) is 180 Å². The summed E-state index contributed by atoms with van der Waals surface area (Å²) < 4.78 is 6.94. The van der Waals surface area contributed by atoms with Crippen LogP contribution in [0.25, 0.3) is 0 Å². The Morgan fingerprint density at radius 3 is 2.31 bits per heavy atom. The van der Waals surface area contributed by atoms with Crippen LogP contribution in [0.15, 0.2) is 155 Å². The minimum Gasteiger partial charge on any atom is -0.370 e. The van der Waals surface area contributed by atoms with Crippen LogP contribution in [-0.2, 0) is 4.74 Å². The Bertz CT molecular complexity index is 2520. The summed E-state index contributed by atoms with van der Waals surface area (Å²) in [6.45, 7) is 4.06. The van der Waals surface area contributed by atoms with Crippen molar-refractivity contribution in [3.63, 3.8) is 0 Å². The predicted molar refractivity (Wildman–Crippen MR) is 307 cm³/mol. The van der Waals surface area contributed by atoms with Gasteiger partial charge in [0.15, 0.2) is 0 Å². The number of ether oxygens (including phenoxy) is 1. The summed E-state index contributed by atoms with van der Waals surface area (Å²) in [7, 11) is 0. The highest BCUT2D eigenvalue weighted by molar-refractivity contribution is 5.56. The van der Waals surface area contributed by atoms with Gasteiger partial charge in [-0.15, -0.1) is 0 Å². The van der Waals surface area contributed by atoms with Gasteiger partial charge in [0.1, 0.15) is 0 Å². The molecule has 1 heterocycles. The van der Waals surface area contributed by atoms with Crippen molar-refractivity contribution in [1.82, 2.24) is 9.80 Å². The van der Waals surface area contributed by atoms with Crippen LogP contribution in [0.3, 0.4) is 0 Å². The van der Waals surface area contributed by atoms with E-state index in [1.165, 1.54) is 160 Å². The first-order valence-electron chi connectivity index (χ1n) is 31.7. The molecule has 0 aromatic rings. The minimum atomic E-state index is 0.00780. The van der Waals surface area contributed by atoms with E-state index in [4.69, 9.17) is 4.74 Å². The topological polar surface area (TPSA) is 15.7 Å². The van der Waals surface area contributed by atoms with Gasteiger partial charge in [0.25, 0.3) is 0 Å². The fourth-order valence-corrected chi connectivity index (χ4v) is 20.0. The van der Waals surface area contributed by atoms with Gasteiger partial charge in [0.2, 0.25) is 0 Å².